The number of para-hydroxylation sites is 1. The van der Waals surface area contributed by atoms with Gasteiger partial charge in [-0.2, -0.15) is 0 Å². The molecule has 1 aromatic carbocycles. The summed E-state index contributed by atoms with van der Waals surface area (Å²) in [5.41, 5.74) is 7.06. The van der Waals surface area contributed by atoms with Gasteiger partial charge in [-0.15, -0.1) is 0 Å². The second-order valence-corrected chi connectivity index (χ2v) is 3.84. The van der Waals surface area contributed by atoms with Gasteiger partial charge in [0.25, 0.3) is 0 Å². The van der Waals surface area contributed by atoms with Crippen LogP contribution in [0.4, 0.5) is 5.82 Å². The van der Waals surface area contributed by atoms with Crippen LogP contribution in [0.15, 0.2) is 30.6 Å². The predicted molar refractivity (Wildman–Crippen MR) is 64.3 cm³/mol. The molecule has 0 saturated heterocycles. The number of nitrogens with zero attached hydrogens (tertiary/aromatic N) is 3. The summed E-state index contributed by atoms with van der Waals surface area (Å²) in [7, 11) is 0. The summed E-state index contributed by atoms with van der Waals surface area (Å²) in [6.07, 6.45) is 1.40. The molecule has 3 aromatic rings. The first-order chi connectivity index (χ1) is 7.75. The van der Waals surface area contributed by atoms with Gasteiger partial charge < -0.3 is 5.73 Å². The number of halogens is 1. The first-order valence-corrected chi connectivity index (χ1v) is 5.09. The molecule has 2 aromatic heterocycles. The number of hydrogen-bond acceptors (Lipinski definition) is 4. The predicted octanol–water partition coefficient (Wildman–Crippen LogP) is 2.41. The Balaban J connectivity index is 2.54. The lowest BCUT2D eigenvalue weighted by Crippen LogP contribution is -1.95. The van der Waals surface area contributed by atoms with Gasteiger partial charge in [0.05, 0.1) is 15.9 Å². The van der Waals surface area contributed by atoms with E-state index in [1.165, 1.54) is 6.33 Å². The Bertz CT molecular complexity index is 634. The molecule has 0 amide bonds. The normalized spacial score (nSPS) is 11.1. The Labute approximate surface area is 96.1 Å². The molecule has 78 valence electrons. The molecule has 2 heterocycles. The number of nitrogen functional groups attached to an aromatic ring is 1. The molecule has 0 bridgehead atoms. The quantitative estimate of drug-likeness (QED) is 0.603. The van der Waals surface area contributed by atoms with Crippen molar-refractivity contribution in [1.82, 2.24) is 15.0 Å². The van der Waals surface area contributed by atoms with Crippen molar-refractivity contribution in [2.45, 2.75) is 0 Å². The van der Waals surface area contributed by atoms with Crippen LogP contribution in [-0.2, 0) is 0 Å². The Morgan fingerprint density at radius 2 is 2.06 bits per heavy atom. The van der Waals surface area contributed by atoms with Crippen molar-refractivity contribution in [1.29, 1.82) is 0 Å². The zero-order chi connectivity index (χ0) is 11.1. The lowest BCUT2D eigenvalue weighted by molar-refractivity contribution is 1.20. The molecule has 0 spiro atoms. The van der Waals surface area contributed by atoms with Gasteiger partial charge in [0.15, 0.2) is 5.65 Å². The average Bonchev–Trinajstić information content (AvgIpc) is 2.29. The van der Waals surface area contributed by atoms with Gasteiger partial charge in [-0.3, -0.25) is 0 Å². The molecule has 16 heavy (non-hydrogen) atoms. The van der Waals surface area contributed by atoms with Crippen LogP contribution in [0.2, 0.25) is 5.02 Å². The highest BCUT2D eigenvalue weighted by atomic mass is 35.5. The molecule has 4 nitrogen and oxygen atoms in total. The van der Waals surface area contributed by atoms with Crippen molar-refractivity contribution >= 4 is 39.4 Å². The second kappa shape index (κ2) is 3.28. The molecule has 0 fully saturated rings. The molecular formula is C11H7ClN4. The third-order valence-electron chi connectivity index (χ3n) is 2.43. The first kappa shape index (κ1) is 9.30. The van der Waals surface area contributed by atoms with Gasteiger partial charge in [-0.25, -0.2) is 15.0 Å². The van der Waals surface area contributed by atoms with E-state index >= 15 is 0 Å². The molecule has 0 aliphatic heterocycles. The third kappa shape index (κ3) is 1.27. The van der Waals surface area contributed by atoms with E-state index in [4.69, 9.17) is 17.3 Å². The molecule has 0 radical (unpaired) electrons. The molecule has 5 heteroatoms. The number of hydrogen-bond donors (Lipinski definition) is 1. The van der Waals surface area contributed by atoms with Crippen molar-refractivity contribution in [3.63, 3.8) is 0 Å². The highest BCUT2D eigenvalue weighted by Gasteiger charge is 2.06. The van der Waals surface area contributed by atoms with Crippen LogP contribution in [0.3, 0.4) is 0 Å². The molecule has 2 N–H and O–H groups in total. The van der Waals surface area contributed by atoms with Crippen molar-refractivity contribution in [2.75, 3.05) is 5.73 Å². The van der Waals surface area contributed by atoms with Crippen molar-refractivity contribution in [2.24, 2.45) is 0 Å². The van der Waals surface area contributed by atoms with Crippen LogP contribution >= 0.6 is 11.6 Å². The molecule has 0 aliphatic rings. The topological polar surface area (TPSA) is 64.7 Å². The number of fused-ring (bicyclic) bond motifs is 2. The first-order valence-electron chi connectivity index (χ1n) is 4.71. The molecule has 0 aliphatic carbocycles. The lowest BCUT2D eigenvalue weighted by Gasteiger charge is -2.03. The number of aromatic nitrogens is 3. The van der Waals surface area contributed by atoms with Crippen LogP contribution in [0, 0.1) is 0 Å². The van der Waals surface area contributed by atoms with Crippen LogP contribution in [0.1, 0.15) is 0 Å². The summed E-state index contributed by atoms with van der Waals surface area (Å²) in [4.78, 5) is 12.4. The van der Waals surface area contributed by atoms with Gasteiger partial charge in [0.2, 0.25) is 0 Å². The number of nitrogens with two attached hydrogens (primary N) is 1. The van der Waals surface area contributed by atoms with Crippen molar-refractivity contribution in [3.8, 4) is 0 Å². The second-order valence-electron chi connectivity index (χ2n) is 3.43. The van der Waals surface area contributed by atoms with Crippen molar-refractivity contribution in [3.05, 3.63) is 35.6 Å². The largest absolute Gasteiger partial charge is 0.383 e. The number of benzene rings is 1. The Hall–Kier alpha value is -1.94. The van der Waals surface area contributed by atoms with Crippen LogP contribution < -0.4 is 5.73 Å². The fourth-order valence-corrected chi connectivity index (χ4v) is 1.88. The maximum absolute atomic E-state index is 6.06. The summed E-state index contributed by atoms with van der Waals surface area (Å²) in [6, 6.07) is 7.50. The zero-order valence-corrected chi connectivity index (χ0v) is 8.94. The molecule has 0 unspecified atom stereocenters. The van der Waals surface area contributed by atoms with E-state index in [-0.39, 0.29) is 0 Å². The minimum atomic E-state index is 0.430. The molecular weight excluding hydrogens is 224 g/mol. The Morgan fingerprint density at radius 3 is 2.94 bits per heavy atom. The van der Waals surface area contributed by atoms with E-state index < -0.39 is 0 Å². The maximum Gasteiger partial charge on any atom is 0.165 e. The standard InChI is InChI=1S/C11H7ClN4/c12-8-3-1-2-6-4-7-10(13)14-5-15-11(7)16-9(6)8/h1-5H,(H2,13,14,15,16). The fourth-order valence-electron chi connectivity index (χ4n) is 1.65. The highest BCUT2D eigenvalue weighted by molar-refractivity contribution is 6.35. The number of rotatable bonds is 0. The lowest BCUT2D eigenvalue weighted by atomic mass is 10.2. The summed E-state index contributed by atoms with van der Waals surface area (Å²) >= 11 is 6.06. The molecule has 3 rings (SSSR count). The van der Waals surface area contributed by atoms with E-state index in [1.807, 2.05) is 18.2 Å². The number of pyridine rings is 1. The van der Waals surface area contributed by atoms with Crippen LogP contribution in [0.25, 0.3) is 21.9 Å². The molecule has 0 saturated carbocycles. The summed E-state index contributed by atoms with van der Waals surface area (Å²) in [5.74, 6) is 0.430. The SMILES string of the molecule is Nc1ncnc2nc3c(Cl)cccc3cc12. The smallest absolute Gasteiger partial charge is 0.165 e. The van der Waals surface area contributed by atoms with E-state index in [9.17, 15) is 0 Å². The van der Waals surface area contributed by atoms with E-state index in [1.54, 1.807) is 6.07 Å². The minimum Gasteiger partial charge on any atom is -0.383 e. The number of anilines is 1. The van der Waals surface area contributed by atoms with E-state index in [2.05, 4.69) is 15.0 Å². The van der Waals surface area contributed by atoms with Gasteiger partial charge in [-0.05, 0) is 12.1 Å². The highest BCUT2D eigenvalue weighted by Crippen LogP contribution is 2.25. The van der Waals surface area contributed by atoms with Crippen LogP contribution in [0.5, 0.6) is 0 Å². The maximum atomic E-state index is 6.06. The van der Waals surface area contributed by atoms with Gasteiger partial charge in [0, 0.05) is 5.39 Å². The summed E-state index contributed by atoms with van der Waals surface area (Å²) in [5, 5.41) is 2.29. The van der Waals surface area contributed by atoms with Crippen LogP contribution in [-0.4, -0.2) is 15.0 Å². The Kier molecular flexibility index (Phi) is 1.91. The third-order valence-corrected chi connectivity index (χ3v) is 2.73. The van der Waals surface area contributed by atoms with Gasteiger partial charge in [-0.1, -0.05) is 23.7 Å². The summed E-state index contributed by atoms with van der Waals surface area (Å²) < 4.78 is 0. The zero-order valence-electron chi connectivity index (χ0n) is 8.18. The Morgan fingerprint density at radius 1 is 1.19 bits per heavy atom. The average molecular weight is 231 g/mol. The fraction of sp³-hybridized carbons (Fsp3) is 0. The van der Waals surface area contributed by atoms with Gasteiger partial charge in [0.1, 0.15) is 12.1 Å². The van der Waals surface area contributed by atoms with E-state index in [0.29, 0.717) is 16.5 Å². The summed E-state index contributed by atoms with van der Waals surface area (Å²) in [6.45, 7) is 0. The van der Waals surface area contributed by atoms with Crippen molar-refractivity contribution < 1.29 is 0 Å². The molecule has 0 atom stereocenters. The minimum absolute atomic E-state index is 0.430. The monoisotopic (exact) mass is 230 g/mol. The van der Waals surface area contributed by atoms with E-state index in [0.717, 1.165) is 16.3 Å². The van der Waals surface area contributed by atoms with Gasteiger partial charge >= 0.3 is 0 Å².